The molecule has 1 unspecified atom stereocenters. The molecule has 1 N–H and O–H groups in total. The van der Waals surface area contributed by atoms with Crippen molar-refractivity contribution in [2.75, 3.05) is 26.7 Å². The van der Waals surface area contributed by atoms with Crippen molar-refractivity contribution >= 4 is 11.6 Å². The summed E-state index contributed by atoms with van der Waals surface area (Å²) in [7, 11) is 1.36. The first-order valence-corrected chi connectivity index (χ1v) is 6.38. The van der Waals surface area contributed by atoms with Gasteiger partial charge in [-0.3, -0.25) is 14.9 Å². The Balaban J connectivity index is 2.26. The average Bonchev–Trinajstić information content (AvgIpc) is 2.45. The molecule has 20 heavy (non-hydrogen) atoms. The van der Waals surface area contributed by atoms with Crippen molar-refractivity contribution in [2.24, 2.45) is 0 Å². The number of rotatable bonds is 3. The lowest BCUT2D eigenvalue weighted by Gasteiger charge is -2.31. The highest BCUT2D eigenvalue weighted by Crippen LogP contribution is 2.28. The van der Waals surface area contributed by atoms with Gasteiger partial charge in [-0.1, -0.05) is 0 Å². The van der Waals surface area contributed by atoms with Gasteiger partial charge in [-0.25, -0.2) is 0 Å². The number of hydrogen-bond donors (Lipinski definition) is 1. The molecule has 7 heteroatoms. The maximum atomic E-state index is 12.4. The lowest BCUT2D eigenvalue weighted by molar-refractivity contribution is -0.385. The standard InChI is InChI=1S/C13H17N3O4/c1-9-8-15(6-5-14-9)13(17)10-3-4-12(20-2)11(7-10)16(18)19/h3-4,7,9,14H,5-6,8H2,1-2H3. The highest BCUT2D eigenvalue weighted by atomic mass is 16.6. The second-order valence-electron chi connectivity index (χ2n) is 4.75. The number of carbonyl (C=O) groups is 1. The molecular weight excluding hydrogens is 262 g/mol. The summed E-state index contributed by atoms with van der Waals surface area (Å²) in [4.78, 5) is 24.5. The molecule has 1 fully saturated rings. The van der Waals surface area contributed by atoms with Crippen LogP contribution in [-0.2, 0) is 0 Å². The number of nitro benzene ring substituents is 1. The van der Waals surface area contributed by atoms with Crippen LogP contribution in [0.15, 0.2) is 18.2 Å². The van der Waals surface area contributed by atoms with Crippen LogP contribution in [0.25, 0.3) is 0 Å². The predicted octanol–water partition coefficient (Wildman–Crippen LogP) is 1.04. The van der Waals surface area contributed by atoms with Crippen molar-refractivity contribution < 1.29 is 14.5 Å². The fourth-order valence-corrected chi connectivity index (χ4v) is 2.27. The van der Waals surface area contributed by atoms with Crippen molar-refractivity contribution in [3.8, 4) is 5.75 Å². The third-order valence-electron chi connectivity index (χ3n) is 3.28. The molecular formula is C13H17N3O4. The number of nitrogens with zero attached hydrogens (tertiary/aromatic N) is 2. The third kappa shape index (κ3) is 2.88. The van der Waals surface area contributed by atoms with Crippen molar-refractivity contribution in [2.45, 2.75) is 13.0 Å². The number of piperazine rings is 1. The normalized spacial score (nSPS) is 18.7. The first-order chi connectivity index (χ1) is 9.52. The van der Waals surface area contributed by atoms with Gasteiger partial charge in [0.25, 0.3) is 5.91 Å². The maximum Gasteiger partial charge on any atom is 0.311 e. The number of ether oxygens (including phenoxy) is 1. The Morgan fingerprint density at radius 1 is 1.55 bits per heavy atom. The molecule has 1 aliphatic heterocycles. The summed E-state index contributed by atoms with van der Waals surface area (Å²) in [5, 5.41) is 14.2. The van der Waals surface area contributed by atoms with E-state index >= 15 is 0 Å². The molecule has 2 rings (SSSR count). The Kier molecular flexibility index (Phi) is 4.19. The zero-order valence-corrected chi connectivity index (χ0v) is 11.5. The predicted molar refractivity (Wildman–Crippen MR) is 73.0 cm³/mol. The monoisotopic (exact) mass is 279 g/mol. The van der Waals surface area contributed by atoms with E-state index in [9.17, 15) is 14.9 Å². The van der Waals surface area contributed by atoms with Crippen LogP contribution < -0.4 is 10.1 Å². The number of amides is 1. The van der Waals surface area contributed by atoms with Crippen molar-refractivity contribution in [3.05, 3.63) is 33.9 Å². The Hall–Kier alpha value is -2.15. The lowest BCUT2D eigenvalue weighted by atomic mass is 10.1. The summed E-state index contributed by atoms with van der Waals surface area (Å²) >= 11 is 0. The first kappa shape index (κ1) is 14.3. The van der Waals surface area contributed by atoms with Gasteiger partial charge in [-0.2, -0.15) is 0 Å². The molecule has 7 nitrogen and oxygen atoms in total. The fraction of sp³-hybridized carbons (Fsp3) is 0.462. The molecule has 0 bridgehead atoms. The van der Waals surface area contributed by atoms with E-state index in [1.165, 1.54) is 19.2 Å². The largest absolute Gasteiger partial charge is 0.490 e. The molecule has 1 aliphatic rings. The molecule has 0 saturated carbocycles. The topological polar surface area (TPSA) is 84.7 Å². The molecule has 1 aromatic rings. The molecule has 1 saturated heterocycles. The summed E-state index contributed by atoms with van der Waals surface area (Å²) in [6.45, 7) is 3.92. The molecule has 0 spiro atoms. The maximum absolute atomic E-state index is 12.4. The second kappa shape index (κ2) is 5.87. The minimum absolute atomic E-state index is 0.153. The third-order valence-corrected chi connectivity index (χ3v) is 3.28. The van der Waals surface area contributed by atoms with Crippen LogP contribution in [0.5, 0.6) is 5.75 Å². The van der Waals surface area contributed by atoms with Crippen molar-refractivity contribution in [3.63, 3.8) is 0 Å². The van der Waals surface area contributed by atoms with E-state index in [1.54, 1.807) is 11.0 Å². The number of nitro groups is 1. The molecule has 1 atom stereocenters. The molecule has 0 aromatic heterocycles. The average molecular weight is 279 g/mol. The van der Waals surface area contributed by atoms with Crippen molar-refractivity contribution in [1.82, 2.24) is 10.2 Å². The Morgan fingerprint density at radius 2 is 2.30 bits per heavy atom. The van der Waals surface area contributed by atoms with E-state index in [4.69, 9.17) is 4.74 Å². The molecule has 0 radical (unpaired) electrons. The zero-order chi connectivity index (χ0) is 14.7. The van der Waals surface area contributed by atoms with Gasteiger partial charge in [0.15, 0.2) is 5.75 Å². The summed E-state index contributed by atoms with van der Waals surface area (Å²) < 4.78 is 4.93. The summed E-state index contributed by atoms with van der Waals surface area (Å²) in [5.74, 6) is -0.0377. The van der Waals surface area contributed by atoms with Crippen molar-refractivity contribution in [1.29, 1.82) is 0 Å². The Labute approximate surface area is 116 Å². The van der Waals surface area contributed by atoms with Gasteiger partial charge in [0.1, 0.15) is 0 Å². The lowest BCUT2D eigenvalue weighted by Crippen LogP contribution is -2.51. The van der Waals surface area contributed by atoms with Crippen LogP contribution in [0.3, 0.4) is 0 Å². The molecule has 1 aromatic carbocycles. The zero-order valence-electron chi connectivity index (χ0n) is 11.5. The summed E-state index contributed by atoms with van der Waals surface area (Å²) in [5.41, 5.74) is 0.119. The number of carbonyl (C=O) groups excluding carboxylic acids is 1. The minimum Gasteiger partial charge on any atom is -0.490 e. The van der Waals surface area contributed by atoms with Crippen LogP contribution >= 0.6 is 0 Å². The highest BCUT2D eigenvalue weighted by molar-refractivity contribution is 5.95. The Morgan fingerprint density at radius 3 is 2.90 bits per heavy atom. The molecule has 1 amide bonds. The van der Waals surface area contributed by atoms with Crippen LogP contribution in [0.4, 0.5) is 5.69 Å². The fourth-order valence-electron chi connectivity index (χ4n) is 2.27. The van der Waals surface area contributed by atoms with Gasteiger partial charge in [0, 0.05) is 37.3 Å². The second-order valence-corrected chi connectivity index (χ2v) is 4.75. The van der Waals surface area contributed by atoms with Gasteiger partial charge in [-0.05, 0) is 19.1 Å². The number of methoxy groups -OCH3 is 1. The van der Waals surface area contributed by atoms with Gasteiger partial charge >= 0.3 is 5.69 Å². The highest BCUT2D eigenvalue weighted by Gasteiger charge is 2.24. The van der Waals surface area contributed by atoms with Gasteiger partial charge in [0.2, 0.25) is 0 Å². The smallest absolute Gasteiger partial charge is 0.311 e. The number of nitrogens with one attached hydrogen (secondary N) is 1. The van der Waals surface area contributed by atoms with E-state index in [0.717, 1.165) is 6.54 Å². The van der Waals surface area contributed by atoms with Crippen LogP contribution in [0.1, 0.15) is 17.3 Å². The quantitative estimate of drug-likeness (QED) is 0.660. The molecule has 1 heterocycles. The first-order valence-electron chi connectivity index (χ1n) is 6.38. The summed E-state index contributed by atoms with van der Waals surface area (Å²) in [6, 6.07) is 4.51. The van der Waals surface area contributed by atoms with Gasteiger partial charge < -0.3 is 15.0 Å². The Bertz CT molecular complexity index is 532. The van der Waals surface area contributed by atoms with Crippen LogP contribution in [-0.4, -0.2) is 48.5 Å². The van der Waals surface area contributed by atoms with E-state index in [0.29, 0.717) is 18.7 Å². The SMILES string of the molecule is COc1ccc(C(=O)N2CCNC(C)C2)cc1[N+](=O)[O-]. The summed E-state index contributed by atoms with van der Waals surface area (Å²) in [6.07, 6.45) is 0. The van der Waals surface area contributed by atoms with E-state index < -0.39 is 4.92 Å². The van der Waals surface area contributed by atoms with Gasteiger partial charge in [-0.15, -0.1) is 0 Å². The number of benzene rings is 1. The van der Waals surface area contributed by atoms with E-state index in [1.807, 2.05) is 6.92 Å². The molecule has 0 aliphatic carbocycles. The van der Waals surface area contributed by atoms with E-state index in [-0.39, 0.29) is 23.4 Å². The molecule has 108 valence electrons. The number of hydrogen-bond acceptors (Lipinski definition) is 5. The van der Waals surface area contributed by atoms with Crippen LogP contribution in [0.2, 0.25) is 0 Å². The van der Waals surface area contributed by atoms with Gasteiger partial charge in [0.05, 0.1) is 12.0 Å². The van der Waals surface area contributed by atoms with E-state index in [2.05, 4.69) is 5.32 Å². The minimum atomic E-state index is -0.546. The van der Waals surface area contributed by atoms with Crippen LogP contribution in [0, 0.1) is 10.1 Å².